The maximum absolute atomic E-state index is 5.75. The van der Waals surface area contributed by atoms with Crippen LogP contribution in [-0.2, 0) is 5.88 Å². The molecule has 2 aromatic rings. The number of pyridine rings is 1. The van der Waals surface area contributed by atoms with Gasteiger partial charge in [0.15, 0.2) is 0 Å². The summed E-state index contributed by atoms with van der Waals surface area (Å²) >= 11 is 5.75. The molecule has 3 nitrogen and oxygen atoms in total. The molecule has 0 spiro atoms. The van der Waals surface area contributed by atoms with Crippen LogP contribution in [0.15, 0.2) is 24.7 Å². The number of aryl methyl sites for hydroxylation is 2. The lowest BCUT2D eigenvalue weighted by molar-refractivity contribution is 0.916. The molecule has 15 heavy (non-hydrogen) atoms. The molecule has 0 aromatic carbocycles. The standard InChI is InChI=1S/C11H12ClN3/c1-8-5-10(6-12)7-14-11(8)15-4-3-13-9(15)2/h3-5,7H,6H2,1-2H3. The van der Waals surface area contributed by atoms with Crippen LogP contribution in [0.1, 0.15) is 17.0 Å². The number of hydrogen-bond acceptors (Lipinski definition) is 2. The second kappa shape index (κ2) is 4.03. The van der Waals surface area contributed by atoms with Gasteiger partial charge in [-0.15, -0.1) is 11.6 Å². The molecule has 2 rings (SSSR count). The molecule has 78 valence electrons. The highest BCUT2D eigenvalue weighted by Gasteiger charge is 2.05. The predicted octanol–water partition coefficient (Wildman–Crippen LogP) is 2.62. The number of hydrogen-bond donors (Lipinski definition) is 0. The molecule has 0 saturated heterocycles. The van der Waals surface area contributed by atoms with E-state index in [-0.39, 0.29) is 0 Å². The minimum atomic E-state index is 0.497. The van der Waals surface area contributed by atoms with Crippen LogP contribution in [0, 0.1) is 13.8 Å². The third-order valence-corrected chi connectivity index (χ3v) is 2.62. The Morgan fingerprint density at radius 3 is 2.67 bits per heavy atom. The van der Waals surface area contributed by atoms with E-state index in [1.54, 1.807) is 12.4 Å². The van der Waals surface area contributed by atoms with Crippen molar-refractivity contribution in [2.75, 3.05) is 0 Å². The summed E-state index contributed by atoms with van der Waals surface area (Å²) in [5, 5.41) is 0. The van der Waals surface area contributed by atoms with Gasteiger partial charge in [-0.3, -0.25) is 4.57 Å². The Morgan fingerprint density at radius 1 is 1.33 bits per heavy atom. The molecule has 0 fully saturated rings. The minimum absolute atomic E-state index is 0.497. The number of alkyl halides is 1. The monoisotopic (exact) mass is 221 g/mol. The van der Waals surface area contributed by atoms with Gasteiger partial charge in [0.2, 0.25) is 0 Å². The predicted molar refractivity (Wildman–Crippen MR) is 60.4 cm³/mol. The van der Waals surface area contributed by atoms with Crippen LogP contribution in [0.2, 0.25) is 0 Å². The summed E-state index contributed by atoms with van der Waals surface area (Å²) in [6.07, 6.45) is 5.48. The van der Waals surface area contributed by atoms with E-state index in [0.29, 0.717) is 5.88 Å². The third kappa shape index (κ3) is 1.88. The van der Waals surface area contributed by atoms with E-state index < -0.39 is 0 Å². The summed E-state index contributed by atoms with van der Waals surface area (Å²) in [5.74, 6) is 2.35. The average molecular weight is 222 g/mol. The molecule has 2 aromatic heterocycles. The molecule has 0 unspecified atom stereocenters. The van der Waals surface area contributed by atoms with Crippen molar-refractivity contribution in [1.82, 2.24) is 14.5 Å². The van der Waals surface area contributed by atoms with Crippen molar-refractivity contribution in [3.8, 4) is 5.82 Å². The Bertz CT molecular complexity index is 476. The molecule has 0 amide bonds. The van der Waals surface area contributed by atoms with Gasteiger partial charge in [-0.25, -0.2) is 9.97 Å². The highest BCUT2D eigenvalue weighted by Crippen LogP contribution is 2.15. The first kappa shape index (κ1) is 10.2. The zero-order valence-corrected chi connectivity index (χ0v) is 9.49. The van der Waals surface area contributed by atoms with Gasteiger partial charge in [-0.1, -0.05) is 0 Å². The Morgan fingerprint density at radius 2 is 2.13 bits per heavy atom. The molecule has 0 aliphatic heterocycles. The van der Waals surface area contributed by atoms with Gasteiger partial charge in [-0.05, 0) is 31.0 Å². The largest absolute Gasteiger partial charge is 0.288 e. The van der Waals surface area contributed by atoms with Crippen molar-refractivity contribution in [2.24, 2.45) is 0 Å². The van der Waals surface area contributed by atoms with Gasteiger partial charge in [0.1, 0.15) is 11.6 Å². The quantitative estimate of drug-likeness (QED) is 0.730. The second-order valence-corrected chi connectivity index (χ2v) is 3.73. The van der Waals surface area contributed by atoms with E-state index in [0.717, 1.165) is 22.8 Å². The van der Waals surface area contributed by atoms with Crippen molar-refractivity contribution in [2.45, 2.75) is 19.7 Å². The minimum Gasteiger partial charge on any atom is -0.288 e. The van der Waals surface area contributed by atoms with Crippen LogP contribution >= 0.6 is 11.6 Å². The lowest BCUT2D eigenvalue weighted by Gasteiger charge is -2.08. The molecule has 0 saturated carbocycles. The first-order chi connectivity index (χ1) is 7.22. The van der Waals surface area contributed by atoms with Crippen LogP contribution in [0.4, 0.5) is 0 Å². The van der Waals surface area contributed by atoms with Gasteiger partial charge < -0.3 is 0 Å². The fourth-order valence-electron chi connectivity index (χ4n) is 1.55. The number of imidazole rings is 1. The van der Waals surface area contributed by atoms with Crippen LogP contribution in [0.25, 0.3) is 5.82 Å². The van der Waals surface area contributed by atoms with E-state index in [1.807, 2.05) is 24.6 Å². The summed E-state index contributed by atoms with van der Waals surface area (Å²) in [6, 6.07) is 2.05. The fraction of sp³-hybridized carbons (Fsp3) is 0.273. The smallest absolute Gasteiger partial charge is 0.140 e. The SMILES string of the molecule is Cc1cc(CCl)cnc1-n1ccnc1C. The normalized spacial score (nSPS) is 10.6. The molecule has 0 N–H and O–H groups in total. The highest BCUT2D eigenvalue weighted by molar-refractivity contribution is 6.17. The first-order valence-corrected chi connectivity index (χ1v) is 5.27. The van der Waals surface area contributed by atoms with Crippen molar-refractivity contribution in [3.05, 3.63) is 41.6 Å². The van der Waals surface area contributed by atoms with Gasteiger partial charge in [-0.2, -0.15) is 0 Å². The van der Waals surface area contributed by atoms with E-state index in [1.165, 1.54) is 0 Å². The topological polar surface area (TPSA) is 30.7 Å². The lowest BCUT2D eigenvalue weighted by atomic mass is 10.2. The van der Waals surface area contributed by atoms with Gasteiger partial charge in [0.05, 0.1) is 0 Å². The molecule has 4 heteroatoms. The molecule has 0 aliphatic carbocycles. The molecular weight excluding hydrogens is 210 g/mol. The maximum Gasteiger partial charge on any atom is 0.140 e. The van der Waals surface area contributed by atoms with Crippen LogP contribution in [-0.4, -0.2) is 14.5 Å². The van der Waals surface area contributed by atoms with E-state index in [9.17, 15) is 0 Å². The Labute approximate surface area is 93.7 Å². The third-order valence-electron chi connectivity index (χ3n) is 2.32. The van der Waals surface area contributed by atoms with Crippen molar-refractivity contribution >= 4 is 11.6 Å². The summed E-state index contributed by atoms with van der Waals surface area (Å²) in [6.45, 7) is 3.98. The molecule has 2 heterocycles. The van der Waals surface area contributed by atoms with Gasteiger partial charge in [0.25, 0.3) is 0 Å². The average Bonchev–Trinajstić information content (AvgIpc) is 2.64. The zero-order chi connectivity index (χ0) is 10.8. The molecule has 0 radical (unpaired) electrons. The highest BCUT2D eigenvalue weighted by atomic mass is 35.5. The molecule has 0 bridgehead atoms. The summed E-state index contributed by atoms with van der Waals surface area (Å²) in [4.78, 5) is 8.56. The maximum atomic E-state index is 5.75. The van der Waals surface area contributed by atoms with Gasteiger partial charge in [0, 0.05) is 24.5 Å². The summed E-state index contributed by atoms with van der Waals surface area (Å²) < 4.78 is 1.97. The zero-order valence-electron chi connectivity index (χ0n) is 8.74. The first-order valence-electron chi connectivity index (χ1n) is 4.74. The molecule has 0 atom stereocenters. The fourth-order valence-corrected chi connectivity index (χ4v) is 1.70. The summed E-state index contributed by atoms with van der Waals surface area (Å²) in [7, 11) is 0. The van der Waals surface area contributed by atoms with Crippen molar-refractivity contribution in [1.29, 1.82) is 0 Å². The molecular formula is C11H12ClN3. The Kier molecular flexibility index (Phi) is 2.73. The summed E-state index contributed by atoms with van der Waals surface area (Å²) in [5.41, 5.74) is 2.14. The van der Waals surface area contributed by atoms with Crippen LogP contribution < -0.4 is 0 Å². The number of halogens is 1. The number of rotatable bonds is 2. The Hall–Kier alpha value is -1.35. The number of aromatic nitrogens is 3. The van der Waals surface area contributed by atoms with E-state index >= 15 is 0 Å². The van der Waals surface area contributed by atoms with Crippen LogP contribution in [0.5, 0.6) is 0 Å². The number of nitrogens with zero attached hydrogens (tertiary/aromatic N) is 3. The van der Waals surface area contributed by atoms with E-state index in [2.05, 4.69) is 16.0 Å². The van der Waals surface area contributed by atoms with Crippen molar-refractivity contribution in [3.63, 3.8) is 0 Å². The van der Waals surface area contributed by atoms with Crippen LogP contribution in [0.3, 0.4) is 0 Å². The van der Waals surface area contributed by atoms with Crippen molar-refractivity contribution < 1.29 is 0 Å². The molecule has 0 aliphatic rings. The van der Waals surface area contributed by atoms with Gasteiger partial charge >= 0.3 is 0 Å². The Balaban J connectivity index is 2.50. The van der Waals surface area contributed by atoms with E-state index in [4.69, 9.17) is 11.6 Å². The lowest BCUT2D eigenvalue weighted by Crippen LogP contribution is -2.02. The second-order valence-electron chi connectivity index (χ2n) is 3.46.